The largest absolute Gasteiger partial charge is 0.444 e. The first-order valence-corrected chi connectivity index (χ1v) is 8.39. The molecule has 0 aromatic heterocycles. The lowest BCUT2D eigenvalue weighted by molar-refractivity contribution is -0.131. The van der Waals surface area contributed by atoms with Crippen LogP contribution >= 0.6 is 0 Å². The van der Waals surface area contributed by atoms with Gasteiger partial charge in [-0.15, -0.1) is 0 Å². The zero-order valence-electron chi connectivity index (χ0n) is 16.1. The summed E-state index contributed by atoms with van der Waals surface area (Å²) in [6, 6.07) is -1.43. The second-order valence-electron chi connectivity index (χ2n) is 7.56. The van der Waals surface area contributed by atoms with Gasteiger partial charge in [-0.1, -0.05) is 27.7 Å². The summed E-state index contributed by atoms with van der Waals surface area (Å²) < 4.78 is 5.03. The Bertz CT molecular complexity index is 483. The van der Waals surface area contributed by atoms with Crippen LogP contribution in [-0.2, 0) is 19.1 Å². The van der Waals surface area contributed by atoms with Gasteiger partial charge in [-0.05, 0) is 32.6 Å². The Hall–Kier alpha value is -2.12. The van der Waals surface area contributed by atoms with Crippen molar-refractivity contribution >= 4 is 24.2 Å². The molecule has 0 saturated heterocycles. The monoisotopic (exact) mass is 357 g/mol. The van der Waals surface area contributed by atoms with E-state index in [9.17, 15) is 19.2 Å². The molecule has 0 radical (unpaired) electrons. The van der Waals surface area contributed by atoms with Gasteiger partial charge in [0.2, 0.25) is 11.8 Å². The third kappa shape index (κ3) is 9.69. The van der Waals surface area contributed by atoms with E-state index in [4.69, 9.17) is 4.74 Å². The lowest BCUT2D eigenvalue weighted by Crippen LogP contribution is -2.55. The van der Waals surface area contributed by atoms with E-state index in [2.05, 4.69) is 16.0 Å². The summed E-state index contributed by atoms with van der Waals surface area (Å²) in [6.45, 7) is 12.0. The third-order valence-electron chi connectivity index (χ3n) is 3.23. The number of rotatable bonds is 8. The van der Waals surface area contributed by atoms with E-state index in [-0.39, 0.29) is 18.4 Å². The van der Waals surface area contributed by atoms with Crippen molar-refractivity contribution in [1.82, 2.24) is 16.0 Å². The van der Waals surface area contributed by atoms with Gasteiger partial charge < -0.3 is 25.5 Å². The highest BCUT2D eigenvalue weighted by Gasteiger charge is 2.27. The Balaban J connectivity index is 4.65. The highest BCUT2D eigenvalue weighted by molar-refractivity contribution is 5.90. The minimum atomic E-state index is -0.811. The topological polar surface area (TPSA) is 114 Å². The van der Waals surface area contributed by atoms with Crippen molar-refractivity contribution in [3.05, 3.63) is 0 Å². The van der Waals surface area contributed by atoms with Crippen LogP contribution in [0.5, 0.6) is 0 Å². The van der Waals surface area contributed by atoms with Crippen LogP contribution < -0.4 is 16.0 Å². The van der Waals surface area contributed by atoms with Gasteiger partial charge in [0.25, 0.3) is 0 Å². The van der Waals surface area contributed by atoms with E-state index < -0.39 is 35.6 Å². The second kappa shape index (κ2) is 10.0. The summed E-state index contributed by atoms with van der Waals surface area (Å²) >= 11 is 0. The average molecular weight is 357 g/mol. The Morgan fingerprint density at radius 2 is 1.56 bits per heavy atom. The summed E-state index contributed by atoms with van der Waals surface area (Å²) in [5.41, 5.74) is -0.665. The van der Waals surface area contributed by atoms with Crippen molar-refractivity contribution in [3.8, 4) is 0 Å². The first-order chi connectivity index (χ1) is 11.4. The number of aldehydes is 1. The van der Waals surface area contributed by atoms with Crippen molar-refractivity contribution in [2.24, 2.45) is 11.8 Å². The number of hydrogen-bond acceptors (Lipinski definition) is 5. The molecule has 0 aliphatic heterocycles. The number of amides is 3. The van der Waals surface area contributed by atoms with Gasteiger partial charge >= 0.3 is 6.09 Å². The Kier molecular flexibility index (Phi) is 9.16. The molecule has 0 aromatic rings. The fourth-order valence-electron chi connectivity index (χ4n) is 1.84. The lowest BCUT2D eigenvalue weighted by Gasteiger charge is -2.25. The van der Waals surface area contributed by atoms with E-state index in [0.717, 1.165) is 0 Å². The quantitative estimate of drug-likeness (QED) is 0.561. The number of hydrogen-bond donors (Lipinski definition) is 3. The van der Waals surface area contributed by atoms with E-state index in [1.54, 1.807) is 34.6 Å². The van der Waals surface area contributed by atoms with Crippen LogP contribution in [-0.4, -0.2) is 48.4 Å². The minimum Gasteiger partial charge on any atom is -0.444 e. The first kappa shape index (κ1) is 22.9. The molecule has 0 aromatic carbocycles. The first-order valence-electron chi connectivity index (χ1n) is 8.39. The summed E-state index contributed by atoms with van der Waals surface area (Å²) in [4.78, 5) is 46.9. The minimum absolute atomic E-state index is 0.0567. The summed E-state index contributed by atoms with van der Waals surface area (Å²) in [5.74, 6) is -1.21. The molecule has 0 spiro atoms. The molecule has 8 nitrogen and oxygen atoms in total. The average Bonchev–Trinajstić information content (AvgIpc) is 2.45. The van der Waals surface area contributed by atoms with Gasteiger partial charge in [-0.25, -0.2) is 4.79 Å². The van der Waals surface area contributed by atoms with Crippen LogP contribution in [0.15, 0.2) is 0 Å². The maximum Gasteiger partial charge on any atom is 0.408 e. The van der Waals surface area contributed by atoms with Gasteiger partial charge in [0, 0.05) is 0 Å². The van der Waals surface area contributed by atoms with Crippen LogP contribution in [0.3, 0.4) is 0 Å². The molecule has 25 heavy (non-hydrogen) atoms. The standard InChI is InChI=1S/C17H31N3O5/c1-10(2)12(9-21)19-15(23)14(11(3)4)20-13(22)8-18-16(24)25-17(5,6)7/h9-12,14H,8H2,1-7H3,(H,18,24)(H,19,23)(H,20,22)/t12-,14+/m1/s1. The molecule has 0 aliphatic carbocycles. The van der Waals surface area contributed by atoms with Crippen molar-refractivity contribution in [3.63, 3.8) is 0 Å². The van der Waals surface area contributed by atoms with Crippen LogP contribution in [0.1, 0.15) is 48.5 Å². The number of nitrogens with one attached hydrogen (secondary N) is 3. The highest BCUT2D eigenvalue weighted by atomic mass is 16.6. The van der Waals surface area contributed by atoms with Crippen LogP contribution in [0.2, 0.25) is 0 Å². The van der Waals surface area contributed by atoms with Gasteiger partial charge in [0.05, 0.1) is 6.04 Å². The SMILES string of the molecule is CC(C)[C@H](NC(=O)CNC(=O)OC(C)(C)C)C(=O)N[C@H](C=O)C(C)C. The Morgan fingerprint density at radius 3 is 1.96 bits per heavy atom. The number of ether oxygens (including phenoxy) is 1. The molecule has 0 bridgehead atoms. The van der Waals surface area contributed by atoms with E-state index in [1.165, 1.54) is 0 Å². The number of carbonyl (C=O) groups excluding carboxylic acids is 4. The van der Waals surface area contributed by atoms with Crippen molar-refractivity contribution in [2.75, 3.05) is 6.54 Å². The molecule has 0 unspecified atom stereocenters. The predicted molar refractivity (Wildman–Crippen MR) is 93.8 cm³/mol. The number of alkyl carbamates (subject to hydrolysis) is 1. The van der Waals surface area contributed by atoms with Crippen molar-refractivity contribution < 1.29 is 23.9 Å². The molecule has 2 atom stereocenters. The summed E-state index contributed by atoms with van der Waals surface area (Å²) in [7, 11) is 0. The molecule has 0 aliphatic rings. The zero-order chi connectivity index (χ0) is 19.8. The van der Waals surface area contributed by atoms with Crippen LogP contribution in [0.4, 0.5) is 4.79 Å². The Labute approximate surface area is 149 Å². The molecule has 0 fully saturated rings. The number of carbonyl (C=O) groups is 4. The van der Waals surface area contributed by atoms with E-state index in [1.807, 2.05) is 13.8 Å². The maximum absolute atomic E-state index is 12.3. The molecule has 3 N–H and O–H groups in total. The molecular weight excluding hydrogens is 326 g/mol. The molecule has 3 amide bonds. The highest BCUT2D eigenvalue weighted by Crippen LogP contribution is 2.07. The van der Waals surface area contributed by atoms with E-state index in [0.29, 0.717) is 6.29 Å². The predicted octanol–water partition coefficient (Wildman–Crippen LogP) is 0.992. The smallest absolute Gasteiger partial charge is 0.408 e. The normalized spacial score (nSPS) is 13.8. The van der Waals surface area contributed by atoms with Gasteiger partial charge in [-0.2, -0.15) is 0 Å². The third-order valence-corrected chi connectivity index (χ3v) is 3.23. The molecule has 0 rings (SSSR count). The van der Waals surface area contributed by atoms with Crippen LogP contribution in [0.25, 0.3) is 0 Å². The molecule has 8 heteroatoms. The Morgan fingerprint density at radius 1 is 1.00 bits per heavy atom. The lowest BCUT2D eigenvalue weighted by atomic mass is 10.0. The fourth-order valence-corrected chi connectivity index (χ4v) is 1.84. The summed E-state index contributed by atoms with van der Waals surface area (Å²) in [5, 5.41) is 7.51. The van der Waals surface area contributed by atoms with E-state index >= 15 is 0 Å². The van der Waals surface area contributed by atoms with Gasteiger partial charge in [-0.3, -0.25) is 9.59 Å². The molecule has 0 saturated carbocycles. The van der Waals surface area contributed by atoms with Crippen molar-refractivity contribution in [2.45, 2.75) is 66.2 Å². The molecular formula is C17H31N3O5. The van der Waals surface area contributed by atoms with Crippen LogP contribution in [0, 0.1) is 11.8 Å². The van der Waals surface area contributed by atoms with Gasteiger partial charge in [0.15, 0.2) is 0 Å². The molecule has 144 valence electrons. The maximum atomic E-state index is 12.3. The summed E-state index contributed by atoms with van der Waals surface area (Å²) in [6.07, 6.45) is -0.0414. The fraction of sp³-hybridized carbons (Fsp3) is 0.765. The van der Waals surface area contributed by atoms with Crippen molar-refractivity contribution in [1.29, 1.82) is 0 Å². The second-order valence-corrected chi connectivity index (χ2v) is 7.56. The molecule has 0 heterocycles. The zero-order valence-corrected chi connectivity index (χ0v) is 16.1. The van der Waals surface area contributed by atoms with Gasteiger partial charge in [0.1, 0.15) is 24.5 Å².